The van der Waals surface area contributed by atoms with Crippen molar-refractivity contribution < 1.29 is 9.13 Å². The first-order valence-corrected chi connectivity index (χ1v) is 12.2. The zero-order valence-electron chi connectivity index (χ0n) is 19.3. The normalized spacial score (nSPS) is 15.6. The summed E-state index contributed by atoms with van der Waals surface area (Å²) in [4.78, 5) is 11.6. The molecule has 1 fully saturated rings. The molecule has 0 unspecified atom stereocenters. The Hall–Kier alpha value is -3.26. The van der Waals surface area contributed by atoms with Crippen molar-refractivity contribution >= 4 is 29.1 Å². The Labute approximate surface area is 205 Å². The molecule has 2 heterocycles. The van der Waals surface area contributed by atoms with Gasteiger partial charge in [0.2, 0.25) is 11.8 Å². The Bertz CT molecular complexity index is 1080. The second-order valence-corrected chi connectivity index (χ2v) is 8.86. The molecule has 4 rings (SSSR count). The maximum atomic E-state index is 13.0. The zero-order chi connectivity index (χ0) is 23.8. The Morgan fingerprint density at radius 3 is 2.68 bits per heavy atom. The molecular weight excluding hydrogens is 449 g/mol. The van der Waals surface area contributed by atoms with Gasteiger partial charge in [-0.05, 0) is 81.1 Å². The van der Waals surface area contributed by atoms with Gasteiger partial charge in [0.25, 0.3) is 0 Å². The smallest absolute Gasteiger partial charge is 0.234 e. The summed E-state index contributed by atoms with van der Waals surface area (Å²) < 4.78 is 19.1. The van der Waals surface area contributed by atoms with E-state index in [-0.39, 0.29) is 5.82 Å². The van der Waals surface area contributed by atoms with Gasteiger partial charge >= 0.3 is 0 Å². The molecule has 6 nitrogen and oxygen atoms in total. The summed E-state index contributed by atoms with van der Waals surface area (Å²) >= 11 is 5.47. The number of thiocarbonyl (C=S) groups is 1. The molecular formula is C26H30FN5OS. The molecule has 8 heteroatoms. The van der Waals surface area contributed by atoms with E-state index < -0.39 is 0 Å². The van der Waals surface area contributed by atoms with E-state index in [1.165, 1.54) is 18.6 Å². The topological polar surface area (TPSA) is 62.3 Å². The second kappa shape index (κ2) is 11.7. The van der Waals surface area contributed by atoms with E-state index in [2.05, 4.69) is 27.4 Å². The first-order chi connectivity index (χ1) is 16.6. The van der Waals surface area contributed by atoms with Gasteiger partial charge in [0.05, 0.1) is 0 Å². The number of rotatable bonds is 8. The lowest BCUT2D eigenvalue weighted by Crippen LogP contribution is -2.38. The summed E-state index contributed by atoms with van der Waals surface area (Å²) in [5, 5.41) is 6.76. The van der Waals surface area contributed by atoms with Crippen molar-refractivity contribution in [3.05, 3.63) is 72.0 Å². The van der Waals surface area contributed by atoms with Crippen LogP contribution in [0.25, 0.3) is 0 Å². The summed E-state index contributed by atoms with van der Waals surface area (Å²) in [7, 11) is 0. The third-order valence-corrected chi connectivity index (χ3v) is 6.06. The van der Waals surface area contributed by atoms with Crippen molar-refractivity contribution in [3.63, 3.8) is 0 Å². The van der Waals surface area contributed by atoms with Gasteiger partial charge in [-0.15, -0.1) is 0 Å². The fourth-order valence-corrected chi connectivity index (χ4v) is 4.20. The molecule has 0 bridgehead atoms. The number of piperidine rings is 1. The fraction of sp³-hybridized carbons (Fsp3) is 0.346. The third kappa shape index (κ3) is 6.87. The number of aromatic nitrogens is 2. The first kappa shape index (κ1) is 23.9. The summed E-state index contributed by atoms with van der Waals surface area (Å²) in [6.07, 6.45) is 5.20. The summed E-state index contributed by atoms with van der Waals surface area (Å²) in [6, 6.07) is 18.5. The van der Waals surface area contributed by atoms with Gasteiger partial charge in [-0.3, -0.25) is 0 Å². The highest BCUT2D eigenvalue weighted by Gasteiger charge is 2.21. The van der Waals surface area contributed by atoms with Crippen LogP contribution >= 0.6 is 12.2 Å². The van der Waals surface area contributed by atoms with Crippen LogP contribution in [-0.4, -0.2) is 34.2 Å². The standard InChI is InChI=1S/C26H30FN5OS/c1-19-8-5-6-17-32(19)23-18-24(33-22-10-3-2-4-11-22)30-25(29-23)31-26(34)28-16-7-9-20-12-14-21(27)15-13-20/h2-4,10-15,18-19H,5-9,16-17H2,1H3,(H2,28,29,30,31,34)/t19-/m1/s1. The molecule has 0 spiro atoms. The monoisotopic (exact) mass is 479 g/mol. The van der Waals surface area contributed by atoms with Crippen molar-refractivity contribution in [2.24, 2.45) is 0 Å². The minimum absolute atomic E-state index is 0.218. The average molecular weight is 480 g/mol. The van der Waals surface area contributed by atoms with Gasteiger partial charge in [-0.25, -0.2) is 4.39 Å². The Balaban J connectivity index is 1.40. The van der Waals surface area contributed by atoms with Gasteiger partial charge in [-0.1, -0.05) is 30.3 Å². The van der Waals surface area contributed by atoms with Crippen LogP contribution in [0.5, 0.6) is 11.6 Å². The van der Waals surface area contributed by atoms with Crippen LogP contribution in [0.15, 0.2) is 60.7 Å². The van der Waals surface area contributed by atoms with Crippen LogP contribution in [0.1, 0.15) is 38.2 Å². The van der Waals surface area contributed by atoms with Crippen molar-refractivity contribution in [2.75, 3.05) is 23.3 Å². The number of aryl methyl sites for hydroxylation is 1. The largest absolute Gasteiger partial charge is 0.439 e. The Morgan fingerprint density at radius 1 is 1.12 bits per heavy atom. The number of nitrogens with zero attached hydrogens (tertiary/aromatic N) is 3. The van der Waals surface area contributed by atoms with Crippen molar-refractivity contribution in [2.45, 2.75) is 45.1 Å². The van der Waals surface area contributed by atoms with Crippen molar-refractivity contribution in [1.82, 2.24) is 15.3 Å². The predicted octanol–water partition coefficient (Wildman–Crippen LogP) is 5.71. The molecule has 2 aromatic carbocycles. The molecule has 0 aliphatic carbocycles. The maximum Gasteiger partial charge on any atom is 0.234 e. The second-order valence-electron chi connectivity index (χ2n) is 8.45. The zero-order valence-corrected chi connectivity index (χ0v) is 20.2. The van der Waals surface area contributed by atoms with E-state index in [1.807, 2.05) is 36.4 Å². The predicted molar refractivity (Wildman–Crippen MR) is 138 cm³/mol. The molecule has 0 amide bonds. The van der Waals surface area contributed by atoms with Crippen LogP contribution in [0.4, 0.5) is 16.2 Å². The quantitative estimate of drug-likeness (QED) is 0.317. The lowest BCUT2D eigenvalue weighted by molar-refractivity contribution is 0.457. The molecule has 178 valence electrons. The van der Waals surface area contributed by atoms with Gasteiger partial charge in [0.15, 0.2) is 5.11 Å². The van der Waals surface area contributed by atoms with Gasteiger partial charge < -0.3 is 20.3 Å². The van der Waals surface area contributed by atoms with Crippen molar-refractivity contribution in [1.29, 1.82) is 0 Å². The number of nitrogens with one attached hydrogen (secondary N) is 2. The molecule has 0 saturated carbocycles. The highest BCUT2D eigenvalue weighted by atomic mass is 32.1. The van der Waals surface area contributed by atoms with E-state index in [0.29, 0.717) is 35.3 Å². The van der Waals surface area contributed by atoms with E-state index >= 15 is 0 Å². The van der Waals surface area contributed by atoms with Crippen LogP contribution < -0.4 is 20.3 Å². The molecule has 2 N–H and O–H groups in total. The van der Waals surface area contributed by atoms with Gasteiger partial charge in [-0.2, -0.15) is 9.97 Å². The lowest BCUT2D eigenvalue weighted by atomic mass is 10.0. The van der Waals surface area contributed by atoms with Crippen LogP contribution in [0, 0.1) is 5.82 Å². The highest BCUT2D eigenvalue weighted by molar-refractivity contribution is 7.80. The van der Waals surface area contributed by atoms with Gasteiger partial charge in [0.1, 0.15) is 17.4 Å². The number of hydrogen-bond donors (Lipinski definition) is 2. The van der Waals surface area contributed by atoms with Crippen LogP contribution in [0.3, 0.4) is 0 Å². The minimum Gasteiger partial charge on any atom is -0.439 e. The lowest BCUT2D eigenvalue weighted by Gasteiger charge is -2.34. The maximum absolute atomic E-state index is 13.0. The Kier molecular flexibility index (Phi) is 8.25. The molecule has 1 aliphatic rings. The SMILES string of the molecule is C[C@@H]1CCCCN1c1cc(Oc2ccccc2)nc(NC(=S)NCCCc2ccc(F)cc2)n1. The number of hydrogen-bond acceptors (Lipinski definition) is 5. The van der Waals surface area contributed by atoms with E-state index in [0.717, 1.165) is 43.6 Å². The molecule has 3 aromatic rings. The molecule has 1 aromatic heterocycles. The van der Waals surface area contributed by atoms with E-state index in [1.54, 1.807) is 12.1 Å². The van der Waals surface area contributed by atoms with E-state index in [4.69, 9.17) is 21.9 Å². The molecule has 1 aliphatic heterocycles. The minimum atomic E-state index is -0.218. The summed E-state index contributed by atoms with van der Waals surface area (Å²) in [5.41, 5.74) is 1.09. The average Bonchev–Trinajstić information content (AvgIpc) is 2.84. The number of para-hydroxylation sites is 1. The van der Waals surface area contributed by atoms with Crippen molar-refractivity contribution in [3.8, 4) is 11.6 Å². The summed E-state index contributed by atoms with van der Waals surface area (Å²) in [5.74, 6) is 2.19. The number of halogens is 1. The summed E-state index contributed by atoms with van der Waals surface area (Å²) in [6.45, 7) is 3.85. The van der Waals surface area contributed by atoms with Gasteiger partial charge in [0, 0.05) is 25.2 Å². The number of anilines is 2. The molecule has 34 heavy (non-hydrogen) atoms. The number of benzene rings is 2. The fourth-order valence-electron chi connectivity index (χ4n) is 4.01. The highest BCUT2D eigenvalue weighted by Crippen LogP contribution is 2.28. The molecule has 1 saturated heterocycles. The Morgan fingerprint density at radius 2 is 1.91 bits per heavy atom. The first-order valence-electron chi connectivity index (χ1n) is 11.7. The molecule has 1 atom stereocenters. The van der Waals surface area contributed by atoms with Crippen LogP contribution in [-0.2, 0) is 6.42 Å². The van der Waals surface area contributed by atoms with E-state index in [9.17, 15) is 4.39 Å². The molecule has 0 radical (unpaired) electrons. The van der Waals surface area contributed by atoms with Crippen LogP contribution in [0.2, 0.25) is 0 Å². The third-order valence-electron chi connectivity index (χ3n) is 5.82. The number of ether oxygens (including phenoxy) is 1.